The molecule has 0 fully saturated rings. The molecule has 0 heterocycles. The highest BCUT2D eigenvalue weighted by Crippen LogP contribution is 2.20. The fourth-order valence-corrected chi connectivity index (χ4v) is 3.48. The molecule has 0 saturated carbocycles. The third-order valence-electron chi connectivity index (χ3n) is 5.38. The van der Waals surface area contributed by atoms with Gasteiger partial charge in [-0.25, -0.2) is 0 Å². The number of benzene rings is 1. The zero-order valence-corrected chi connectivity index (χ0v) is 18.2. The molecular formula is C23H38N2O5. The highest BCUT2D eigenvalue weighted by atomic mass is 16.6. The maximum absolute atomic E-state index is 12.1. The van der Waals surface area contributed by atoms with Crippen LogP contribution in [0.5, 0.6) is 0 Å². The monoisotopic (exact) mass is 422 g/mol. The number of unbranched alkanes of at least 4 members (excludes halogenated alkanes) is 10. The topological polar surface area (TPSA) is 113 Å². The van der Waals surface area contributed by atoms with Crippen LogP contribution in [0.2, 0.25) is 0 Å². The summed E-state index contributed by atoms with van der Waals surface area (Å²) in [5, 5.41) is 33.3. The van der Waals surface area contributed by atoms with Gasteiger partial charge in [-0.05, 0) is 24.1 Å². The second-order valence-corrected chi connectivity index (χ2v) is 7.94. The van der Waals surface area contributed by atoms with Gasteiger partial charge < -0.3 is 15.5 Å². The van der Waals surface area contributed by atoms with E-state index in [4.69, 9.17) is 0 Å². The molecule has 1 rings (SSSR count). The van der Waals surface area contributed by atoms with Crippen molar-refractivity contribution in [2.24, 2.45) is 0 Å². The van der Waals surface area contributed by atoms with Crippen molar-refractivity contribution in [3.05, 3.63) is 39.9 Å². The number of rotatable bonds is 17. The molecule has 0 aliphatic carbocycles. The van der Waals surface area contributed by atoms with Crippen molar-refractivity contribution in [1.82, 2.24) is 5.32 Å². The van der Waals surface area contributed by atoms with Crippen molar-refractivity contribution in [3.8, 4) is 0 Å². The number of nitrogens with zero attached hydrogens (tertiary/aromatic N) is 1. The van der Waals surface area contributed by atoms with E-state index in [0.29, 0.717) is 12.0 Å². The summed E-state index contributed by atoms with van der Waals surface area (Å²) in [6.07, 6.45) is 12.5. The molecule has 0 aromatic heterocycles. The minimum Gasteiger partial charge on any atom is -0.394 e. The van der Waals surface area contributed by atoms with Crippen molar-refractivity contribution in [2.45, 2.75) is 96.1 Å². The summed E-state index contributed by atoms with van der Waals surface area (Å²) in [4.78, 5) is 22.3. The number of aliphatic hydroxyl groups is 2. The first kappa shape index (κ1) is 26.0. The predicted molar refractivity (Wildman–Crippen MR) is 118 cm³/mol. The SMILES string of the molecule is CCCCCCCCCCCCCC(=O)N[C@@H](CO)[C@H](O)c1ccc([N+](=O)[O-])cc1. The molecule has 7 heteroatoms. The number of nitro benzene ring substituents is 1. The summed E-state index contributed by atoms with van der Waals surface area (Å²) in [5.41, 5.74) is 0.335. The van der Waals surface area contributed by atoms with E-state index in [1.165, 1.54) is 75.6 Å². The maximum atomic E-state index is 12.1. The van der Waals surface area contributed by atoms with Gasteiger partial charge in [0.05, 0.1) is 17.6 Å². The van der Waals surface area contributed by atoms with E-state index in [-0.39, 0.29) is 11.6 Å². The van der Waals surface area contributed by atoms with Crippen LogP contribution in [0.25, 0.3) is 0 Å². The molecule has 1 amide bonds. The van der Waals surface area contributed by atoms with Gasteiger partial charge >= 0.3 is 0 Å². The van der Waals surface area contributed by atoms with Gasteiger partial charge in [0.2, 0.25) is 5.91 Å². The number of carbonyl (C=O) groups is 1. The van der Waals surface area contributed by atoms with Crippen LogP contribution in [-0.2, 0) is 4.79 Å². The molecule has 1 aromatic carbocycles. The highest BCUT2D eigenvalue weighted by Gasteiger charge is 2.22. The molecule has 1 aromatic rings. The molecule has 7 nitrogen and oxygen atoms in total. The molecule has 0 radical (unpaired) electrons. The number of non-ortho nitro benzene ring substituents is 1. The lowest BCUT2D eigenvalue weighted by molar-refractivity contribution is -0.384. The molecule has 0 spiro atoms. The second-order valence-electron chi connectivity index (χ2n) is 7.94. The molecule has 170 valence electrons. The van der Waals surface area contributed by atoms with Gasteiger partial charge in [0, 0.05) is 18.6 Å². The van der Waals surface area contributed by atoms with E-state index in [1.54, 1.807) is 0 Å². The van der Waals surface area contributed by atoms with Crippen molar-refractivity contribution in [2.75, 3.05) is 6.61 Å². The molecule has 2 atom stereocenters. The number of hydrogen-bond acceptors (Lipinski definition) is 5. The van der Waals surface area contributed by atoms with E-state index in [0.717, 1.165) is 19.3 Å². The normalized spacial score (nSPS) is 13.0. The second kappa shape index (κ2) is 15.8. The Morgan fingerprint density at radius 3 is 1.93 bits per heavy atom. The largest absolute Gasteiger partial charge is 0.394 e. The average molecular weight is 423 g/mol. The Bertz CT molecular complexity index is 606. The van der Waals surface area contributed by atoms with Gasteiger partial charge in [0.25, 0.3) is 5.69 Å². The molecule has 0 aliphatic rings. The summed E-state index contributed by atoms with van der Waals surface area (Å²) in [6, 6.07) is 4.61. The number of nitrogens with one attached hydrogen (secondary N) is 1. The fraction of sp³-hybridized carbons (Fsp3) is 0.696. The number of carbonyl (C=O) groups excluding carboxylic acids is 1. The quantitative estimate of drug-likeness (QED) is 0.189. The van der Waals surface area contributed by atoms with Gasteiger partial charge in [-0.15, -0.1) is 0 Å². The minimum absolute atomic E-state index is 0.0768. The third kappa shape index (κ3) is 10.7. The van der Waals surface area contributed by atoms with Crippen molar-refractivity contribution >= 4 is 11.6 Å². The number of amides is 1. The van der Waals surface area contributed by atoms with E-state index < -0.39 is 23.7 Å². The fourth-order valence-electron chi connectivity index (χ4n) is 3.48. The minimum atomic E-state index is -1.13. The first-order chi connectivity index (χ1) is 14.5. The Morgan fingerprint density at radius 2 is 1.47 bits per heavy atom. The van der Waals surface area contributed by atoms with Crippen molar-refractivity contribution in [3.63, 3.8) is 0 Å². The van der Waals surface area contributed by atoms with Crippen LogP contribution in [0, 0.1) is 10.1 Å². The summed E-state index contributed by atoms with van der Waals surface area (Å²) < 4.78 is 0. The number of aliphatic hydroxyl groups excluding tert-OH is 2. The van der Waals surface area contributed by atoms with Gasteiger partial charge in [-0.2, -0.15) is 0 Å². The summed E-state index contributed by atoms with van der Waals surface area (Å²) in [7, 11) is 0. The van der Waals surface area contributed by atoms with Crippen LogP contribution in [-0.4, -0.2) is 33.7 Å². The highest BCUT2D eigenvalue weighted by molar-refractivity contribution is 5.76. The van der Waals surface area contributed by atoms with Crippen LogP contribution in [0.3, 0.4) is 0 Å². The zero-order valence-electron chi connectivity index (χ0n) is 18.2. The Morgan fingerprint density at radius 1 is 0.967 bits per heavy atom. The van der Waals surface area contributed by atoms with Gasteiger partial charge in [0.1, 0.15) is 6.10 Å². The van der Waals surface area contributed by atoms with E-state index >= 15 is 0 Å². The smallest absolute Gasteiger partial charge is 0.269 e. The molecule has 3 N–H and O–H groups in total. The standard InChI is InChI=1S/C23H38N2O5/c1-2-3-4-5-6-7-8-9-10-11-12-13-22(27)24-21(18-26)23(28)19-14-16-20(17-15-19)25(29)30/h14-17,21,23,26,28H,2-13,18H2,1H3,(H,24,27)/t21-,23+/m0/s1. The Labute approximate surface area is 180 Å². The van der Waals surface area contributed by atoms with Crippen LogP contribution < -0.4 is 5.32 Å². The van der Waals surface area contributed by atoms with E-state index in [9.17, 15) is 25.1 Å². The molecule has 0 bridgehead atoms. The van der Waals surface area contributed by atoms with Crippen LogP contribution >= 0.6 is 0 Å². The van der Waals surface area contributed by atoms with Gasteiger partial charge in [0.15, 0.2) is 0 Å². The Hall–Kier alpha value is -1.99. The van der Waals surface area contributed by atoms with Gasteiger partial charge in [-0.1, -0.05) is 71.1 Å². The maximum Gasteiger partial charge on any atom is 0.269 e. The summed E-state index contributed by atoms with van der Waals surface area (Å²) in [5.74, 6) is -0.203. The lowest BCUT2D eigenvalue weighted by atomic mass is 10.0. The third-order valence-corrected chi connectivity index (χ3v) is 5.38. The zero-order chi connectivity index (χ0) is 22.2. The number of hydrogen-bond donors (Lipinski definition) is 3. The van der Waals surface area contributed by atoms with Crippen LogP contribution in [0.1, 0.15) is 95.6 Å². The van der Waals surface area contributed by atoms with Crippen LogP contribution in [0.15, 0.2) is 24.3 Å². The molecule has 0 aliphatic heterocycles. The summed E-state index contributed by atoms with van der Waals surface area (Å²) >= 11 is 0. The van der Waals surface area contributed by atoms with E-state index in [1.807, 2.05) is 0 Å². The molecule has 30 heavy (non-hydrogen) atoms. The first-order valence-electron chi connectivity index (χ1n) is 11.3. The molecule has 0 saturated heterocycles. The Kier molecular flexibility index (Phi) is 13.7. The predicted octanol–water partition coefficient (Wildman–Crippen LogP) is 4.81. The van der Waals surface area contributed by atoms with E-state index in [2.05, 4.69) is 12.2 Å². The average Bonchev–Trinajstić information content (AvgIpc) is 2.75. The Balaban J connectivity index is 2.20. The summed E-state index contributed by atoms with van der Waals surface area (Å²) in [6.45, 7) is 1.81. The van der Waals surface area contributed by atoms with Crippen molar-refractivity contribution in [1.29, 1.82) is 0 Å². The molecule has 0 unspecified atom stereocenters. The van der Waals surface area contributed by atoms with Crippen molar-refractivity contribution < 1.29 is 19.9 Å². The molecular weight excluding hydrogens is 384 g/mol. The van der Waals surface area contributed by atoms with Crippen LogP contribution in [0.4, 0.5) is 5.69 Å². The lowest BCUT2D eigenvalue weighted by Crippen LogP contribution is -2.41. The van der Waals surface area contributed by atoms with Gasteiger partial charge in [-0.3, -0.25) is 14.9 Å². The first-order valence-corrected chi connectivity index (χ1v) is 11.3. The lowest BCUT2D eigenvalue weighted by Gasteiger charge is -2.22. The number of nitro groups is 1.